The van der Waals surface area contributed by atoms with Crippen LogP contribution in [0.5, 0.6) is 0 Å². The maximum Gasteiger partial charge on any atom is 0.416 e. The highest BCUT2D eigenvalue weighted by Crippen LogP contribution is 2.48. The Bertz CT molecular complexity index is 1450. The van der Waals surface area contributed by atoms with Crippen molar-refractivity contribution in [1.82, 2.24) is 14.7 Å². The molecule has 0 spiro atoms. The highest BCUT2D eigenvalue weighted by atomic mass is 35.5. The van der Waals surface area contributed by atoms with Gasteiger partial charge in [0.05, 0.1) is 28.7 Å². The van der Waals surface area contributed by atoms with Crippen LogP contribution < -0.4 is 0 Å². The van der Waals surface area contributed by atoms with Crippen LogP contribution in [0.4, 0.5) is 18.0 Å². The number of hydrogen-bond acceptors (Lipinski definition) is 5. The first kappa shape index (κ1) is 23.4. The predicted molar refractivity (Wildman–Crippen MR) is 123 cm³/mol. The van der Waals surface area contributed by atoms with Gasteiger partial charge in [0.15, 0.2) is 0 Å². The van der Waals surface area contributed by atoms with E-state index < -0.39 is 34.4 Å². The van der Waals surface area contributed by atoms with Gasteiger partial charge >= 0.3 is 12.1 Å². The molecule has 2 aliphatic rings. The van der Waals surface area contributed by atoms with Crippen LogP contribution in [0.2, 0.25) is 5.02 Å². The summed E-state index contributed by atoms with van der Waals surface area (Å²) in [7, 11) is 0. The molecule has 0 atom stereocenters. The van der Waals surface area contributed by atoms with Crippen LogP contribution in [0.15, 0.2) is 47.5 Å². The Morgan fingerprint density at radius 2 is 1.94 bits per heavy atom. The summed E-state index contributed by atoms with van der Waals surface area (Å²) in [6, 6.07) is 8.56. The zero-order valence-corrected chi connectivity index (χ0v) is 19.2. The zero-order chi connectivity index (χ0) is 25.1. The molecule has 1 saturated carbocycles. The minimum atomic E-state index is -4.57. The standard InChI is InChI=1S/C23H15ClF3N3O4S/c24-15-3-2-13(16(9-15)23(25,26)27)11-29-17-4-1-12(7-14(17)10-28-29)8-18-19(31)30(21(34)35-18)22(5-6-22)20(32)33/h1-4,7-10H,5-6,11H2,(H,32,33). The lowest BCUT2D eigenvalue weighted by molar-refractivity contribution is -0.147. The van der Waals surface area contributed by atoms with Crippen LogP contribution in [0.1, 0.15) is 29.5 Å². The number of nitrogens with zero attached hydrogens (tertiary/aromatic N) is 3. The molecule has 3 aromatic rings. The summed E-state index contributed by atoms with van der Waals surface area (Å²) in [5, 5.41) is 13.6. The van der Waals surface area contributed by atoms with Gasteiger partial charge in [0.1, 0.15) is 5.54 Å². The highest BCUT2D eigenvalue weighted by Gasteiger charge is 2.62. The Kier molecular flexibility index (Phi) is 5.44. The van der Waals surface area contributed by atoms with Gasteiger partial charge in [-0.3, -0.25) is 19.2 Å². The summed E-state index contributed by atoms with van der Waals surface area (Å²) in [6.45, 7) is -0.134. The summed E-state index contributed by atoms with van der Waals surface area (Å²) in [4.78, 5) is 37.6. The number of hydrogen-bond donors (Lipinski definition) is 1. The predicted octanol–water partition coefficient (Wildman–Crippen LogP) is 5.41. The van der Waals surface area contributed by atoms with Gasteiger partial charge in [-0.25, -0.2) is 4.79 Å². The number of carbonyl (C=O) groups excluding carboxylic acids is 2. The Morgan fingerprint density at radius 3 is 2.60 bits per heavy atom. The fraction of sp³-hybridized carbons (Fsp3) is 0.217. The molecular formula is C23H15ClF3N3O4S. The first-order valence-corrected chi connectivity index (χ1v) is 11.5. The molecule has 2 fully saturated rings. The lowest BCUT2D eigenvalue weighted by Crippen LogP contribution is -2.46. The van der Waals surface area contributed by atoms with Gasteiger partial charge in [0.25, 0.3) is 11.1 Å². The first-order valence-electron chi connectivity index (χ1n) is 10.3. The van der Waals surface area contributed by atoms with Gasteiger partial charge in [-0.15, -0.1) is 0 Å². The molecule has 7 nitrogen and oxygen atoms in total. The van der Waals surface area contributed by atoms with Crippen LogP contribution in [0.3, 0.4) is 0 Å². The van der Waals surface area contributed by atoms with E-state index in [1.807, 2.05) is 0 Å². The minimum absolute atomic E-state index is 0.0112. The third kappa shape index (κ3) is 4.08. The number of halogens is 4. The summed E-state index contributed by atoms with van der Waals surface area (Å²) in [6.07, 6.45) is -1.14. The third-order valence-corrected chi connectivity index (χ3v) is 7.11. The largest absolute Gasteiger partial charge is 0.479 e. The average Bonchev–Trinajstić information content (AvgIpc) is 3.41. The van der Waals surface area contributed by atoms with E-state index in [9.17, 15) is 32.7 Å². The van der Waals surface area contributed by atoms with E-state index in [1.54, 1.807) is 18.2 Å². The van der Waals surface area contributed by atoms with Crippen molar-refractivity contribution in [3.63, 3.8) is 0 Å². The topological polar surface area (TPSA) is 92.5 Å². The molecular weight excluding hydrogens is 507 g/mol. The maximum atomic E-state index is 13.4. The summed E-state index contributed by atoms with van der Waals surface area (Å²) in [5.74, 6) is -1.86. The number of thioether (sulfide) groups is 1. The number of amides is 2. The minimum Gasteiger partial charge on any atom is -0.479 e. The Balaban J connectivity index is 1.43. The summed E-state index contributed by atoms with van der Waals surface area (Å²) >= 11 is 6.43. The molecule has 35 heavy (non-hydrogen) atoms. The molecule has 0 radical (unpaired) electrons. The number of benzene rings is 2. The molecule has 1 aliphatic carbocycles. The molecule has 1 aliphatic heterocycles. The van der Waals surface area contributed by atoms with E-state index >= 15 is 0 Å². The second-order valence-corrected chi connectivity index (χ2v) is 9.70. The van der Waals surface area contributed by atoms with Crippen molar-refractivity contribution in [2.75, 3.05) is 0 Å². The Labute approximate surface area is 205 Å². The molecule has 1 aromatic heterocycles. The van der Waals surface area contributed by atoms with Gasteiger partial charge in [0.2, 0.25) is 0 Å². The molecule has 1 N–H and O–H groups in total. The first-order chi connectivity index (χ1) is 16.5. The molecule has 2 aromatic carbocycles. The van der Waals surface area contributed by atoms with Crippen molar-refractivity contribution >= 4 is 57.5 Å². The van der Waals surface area contributed by atoms with Gasteiger partial charge in [-0.1, -0.05) is 23.7 Å². The second kappa shape index (κ2) is 8.13. The fourth-order valence-electron chi connectivity index (χ4n) is 4.07. The molecule has 0 unspecified atom stereocenters. The van der Waals surface area contributed by atoms with E-state index in [0.29, 0.717) is 28.2 Å². The van der Waals surface area contributed by atoms with Crippen molar-refractivity contribution in [2.45, 2.75) is 31.1 Å². The maximum absolute atomic E-state index is 13.4. The molecule has 2 heterocycles. The van der Waals surface area contributed by atoms with E-state index in [0.717, 1.165) is 11.0 Å². The number of rotatable bonds is 5. The molecule has 12 heteroatoms. The van der Waals surface area contributed by atoms with Crippen molar-refractivity contribution < 1.29 is 32.7 Å². The molecule has 5 rings (SSSR count). The van der Waals surface area contributed by atoms with Gasteiger partial charge in [0, 0.05) is 10.4 Å². The highest BCUT2D eigenvalue weighted by molar-refractivity contribution is 8.18. The van der Waals surface area contributed by atoms with E-state index in [2.05, 4.69) is 5.10 Å². The zero-order valence-electron chi connectivity index (χ0n) is 17.7. The number of aromatic nitrogens is 2. The quantitative estimate of drug-likeness (QED) is 0.451. The number of aliphatic carboxylic acids is 1. The molecule has 0 bridgehead atoms. The average molecular weight is 522 g/mol. The Morgan fingerprint density at radius 1 is 1.20 bits per heavy atom. The normalized spacial score (nSPS) is 18.6. The van der Waals surface area contributed by atoms with Crippen molar-refractivity contribution in [3.05, 3.63) is 69.2 Å². The van der Waals surface area contributed by atoms with Crippen molar-refractivity contribution in [1.29, 1.82) is 0 Å². The van der Waals surface area contributed by atoms with E-state index in [4.69, 9.17) is 11.6 Å². The number of imide groups is 1. The Hall–Kier alpha value is -3.31. The van der Waals surface area contributed by atoms with E-state index in [-0.39, 0.29) is 34.9 Å². The van der Waals surface area contributed by atoms with Gasteiger partial charge in [-0.2, -0.15) is 18.3 Å². The van der Waals surface area contributed by atoms with Crippen molar-refractivity contribution in [3.8, 4) is 0 Å². The number of carbonyl (C=O) groups is 3. The molecule has 180 valence electrons. The SMILES string of the molecule is O=C1SC(=Cc2ccc3c(cnn3Cc3ccc(Cl)cc3C(F)(F)F)c2)C(=O)N1C1(C(=O)O)CC1. The van der Waals surface area contributed by atoms with Gasteiger partial charge < -0.3 is 5.11 Å². The number of carboxylic acids is 1. The smallest absolute Gasteiger partial charge is 0.416 e. The summed E-state index contributed by atoms with van der Waals surface area (Å²) in [5.41, 5.74) is -1.15. The van der Waals surface area contributed by atoms with Crippen LogP contribution >= 0.6 is 23.4 Å². The second-order valence-electron chi connectivity index (χ2n) is 8.27. The third-order valence-electron chi connectivity index (χ3n) is 6.00. The van der Waals surface area contributed by atoms with Crippen molar-refractivity contribution in [2.24, 2.45) is 0 Å². The number of alkyl halides is 3. The van der Waals surface area contributed by atoms with Gasteiger partial charge in [-0.05, 0) is 66.1 Å². The lowest BCUT2D eigenvalue weighted by Gasteiger charge is -2.20. The summed E-state index contributed by atoms with van der Waals surface area (Å²) < 4.78 is 41.8. The monoisotopic (exact) mass is 521 g/mol. The molecule has 1 saturated heterocycles. The lowest BCUT2D eigenvalue weighted by atomic mass is 10.1. The molecule has 2 amide bonds. The van der Waals surface area contributed by atoms with Crippen LogP contribution in [-0.2, 0) is 22.3 Å². The van der Waals surface area contributed by atoms with Crippen LogP contribution in [0.25, 0.3) is 17.0 Å². The number of carboxylic acid groups (broad SMARTS) is 1. The van der Waals surface area contributed by atoms with Crippen LogP contribution in [-0.4, -0.2) is 42.4 Å². The number of fused-ring (bicyclic) bond motifs is 1. The van der Waals surface area contributed by atoms with Crippen LogP contribution in [0, 0.1) is 0 Å². The van der Waals surface area contributed by atoms with E-state index in [1.165, 1.54) is 29.1 Å². The fourth-order valence-corrected chi connectivity index (χ4v) is 5.16.